The lowest BCUT2D eigenvalue weighted by Gasteiger charge is -2.36. The van der Waals surface area contributed by atoms with E-state index < -0.39 is 14.9 Å². The number of piperidine rings is 1. The van der Waals surface area contributed by atoms with Crippen LogP contribution in [0.1, 0.15) is 19.3 Å². The molecule has 128 valence electrons. The van der Waals surface area contributed by atoms with Crippen LogP contribution in [0.5, 0.6) is 0 Å². The van der Waals surface area contributed by atoms with Gasteiger partial charge in [-0.25, -0.2) is 13.1 Å². The predicted molar refractivity (Wildman–Crippen MR) is 86.2 cm³/mol. The fourth-order valence-corrected chi connectivity index (χ4v) is 3.61. The topological polar surface area (TPSA) is 102 Å². The summed E-state index contributed by atoms with van der Waals surface area (Å²) in [5.41, 5.74) is 0.233. The number of benzene rings is 1. The summed E-state index contributed by atoms with van der Waals surface area (Å²) >= 11 is 0. The predicted octanol–water partition coefficient (Wildman–Crippen LogP) is 1.51. The highest BCUT2D eigenvalue weighted by molar-refractivity contribution is 7.89. The van der Waals surface area contributed by atoms with Crippen LogP contribution in [-0.4, -0.2) is 46.7 Å². The van der Waals surface area contributed by atoms with Crippen molar-refractivity contribution in [2.75, 3.05) is 32.2 Å². The fraction of sp³-hybridized carbons (Fsp3) is 0.571. The van der Waals surface area contributed by atoms with E-state index in [1.165, 1.54) is 19.2 Å². The lowest BCUT2D eigenvalue weighted by molar-refractivity contribution is -0.384. The molecule has 1 aromatic carbocycles. The Morgan fingerprint density at radius 1 is 1.43 bits per heavy atom. The third kappa shape index (κ3) is 3.80. The molecular formula is C14H21N3O5S. The van der Waals surface area contributed by atoms with Crippen LogP contribution in [0.15, 0.2) is 23.1 Å². The van der Waals surface area contributed by atoms with Gasteiger partial charge in [0.1, 0.15) is 5.69 Å². The van der Waals surface area contributed by atoms with Gasteiger partial charge in [0.2, 0.25) is 10.0 Å². The molecule has 1 aliphatic rings. The molecule has 0 amide bonds. The zero-order chi connectivity index (χ0) is 17.0. The van der Waals surface area contributed by atoms with Gasteiger partial charge in [-0.15, -0.1) is 0 Å². The Labute approximate surface area is 135 Å². The Hall–Kier alpha value is -1.71. The minimum Gasteiger partial charge on any atom is -0.383 e. The lowest BCUT2D eigenvalue weighted by Crippen LogP contribution is -2.42. The molecule has 1 heterocycles. The molecule has 0 radical (unpaired) electrons. The molecule has 1 N–H and O–H groups in total. The van der Waals surface area contributed by atoms with Crippen LogP contribution in [0, 0.1) is 10.1 Å². The first-order chi connectivity index (χ1) is 10.9. The van der Waals surface area contributed by atoms with E-state index in [1.54, 1.807) is 7.11 Å². The van der Waals surface area contributed by atoms with E-state index in [0.717, 1.165) is 25.3 Å². The zero-order valence-corrected chi connectivity index (χ0v) is 14.0. The third-order valence-electron chi connectivity index (χ3n) is 4.02. The summed E-state index contributed by atoms with van der Waals surface area (Å²) in [4.78, 5) is 12.7. The van der Waals surface area contributed by atoms with Crippen molar-refractivity contribution in [1.82, 2.24) is 4.72 Å². The van der Waals surface area contributed by atoms with Crippen molar-refractivity contribution in [1.29, 1.82) is 0 Å². The summed E-state index contributed by atoms with van der Waals surface area (Å²) in [6.07, 6.45) is 2.88. The van der Waals surface area contributed by atoms with Crippen LogP contribution >= 0.6 is 0 Å². The Kier molecular flexibility index (Phi) is 5.55. The average Bonchev–Trinajstić information content (AvgIpc) is 2.55. The largest absolute Gasteiger partial charge is 0.383 e. The number of hydrogen-bond acceptors (Lipinski definition) is 6. The summed E-state index contributed by atoms with van der Waals surface area (Å²) < 4.78 is 31.1. The molecule has 2 rings (SSSR count). The zero-order valence-electron chi connectivity index (χ0n) is 13.2. The molecule has 1 aromatic rings. The number of nitrogens with zero attached hydrogens (tertiary/aromatic N) is 2. The maximum atomic E-state index is 11.9. The quantitative estimate of drug-likeness (QED) is 0.620. The van der Waals surface area contributed by atoms with Crippen LogP contribution in [0.3, 0.4) is 0 Å². The highest BCUT2D eigenvalue weighted by atomic mass is 32.2. The minimum absolute atomic E-state index is 0.0548. The second-order valence-corrected chi connectivity index (χ2v) is 7.30. The first-order valence-electron chi connectivity index (χ1n) is 7.38. The molecule has 8 nitrogen and oxygen atoms in total. The van der Waals surface area contributed by atoms with Gasteiger partial charge >= 0.3 is 0 Å². The van der Waals surface area contributed by atoms with Gasteiger partial charge in [-0.3, -0.25) is 10.1 Å². The smallest absolute Gasteiger partial charge is 0.293 e. The van der Waals surface area contributed by atoms with E-state index >= 15 is 0 Å². The third-order valence-corrected chi connectivity index (χ3v) is 5.43. The first-order valence-corrected chi connectivity index (χ1v) is 8.86. The van der Waals surface area contributed by atoms with Crippen LogP contribution in [-0.2, 0) is 14.8 Å². The van der Waals surface area contributed by atoms with Gasteiger partial charge in [-0.2, -0.15) is 0 Å². The van der Waals surface area contributed by atoms with Crippen LogP contribution in [0.25, 0.3) is 0 Å². The monoisotopic (exact) mass is 343 g/mol. The fourth-order valence-electron chi connectivity index (χ4n) is 2.86. The number of sulfonamides is 1. The Bertz CT molecular complexity index is 675. The maximum Gasteiger partial charge on any atom is 0.293 e. The van der Waals surface area contributed by atoms with Gasteiger partial charge in [0, 0.05) is 19.7 Å². The van der Waals surface area contributed by atoms with Crippen molar-refractivity contribution in [2.45, 2.75) is 30.2 Å². The summed E-state index contributed by atoms with van der Waals surface area (Å²) in [5, 5.41) is 11.4. The van der Waals surface area contributed by atoms with Crippen molar-refractivity contribution >= 4 is 21.4 Å². The standard InChI is InChI=1S/C14H21N3O5S/c1-15-23(20,21)12-6-7-13(14(9-12)17(18)19)16-8-4-3-5-11(16)10-22-2/h6-7,9,11,15H,3-5,8,10H2,1-2H3. The second-order valence-electron chi connectivity index (χ2n) is 5.41. The number of nitrogens with one attached hydrogen (secondary N) is 1. The Balaban J connectivity index is 2.47. The first kappa shape index (κ1) is 17.6. The van der Waals surface area contributed by atoms with Crippen molar-refractivity contribution in [2.24, 2.45) is 0 Å². The molecule has 0 saturated carbocycles. The lowest BCUT2D eigenvalue weighted by atomic mass is 10.0. The SMILES string of the molecule is CNS(=O)(=O)c1ccc(N2CCCCC2COC)c([N+](=O)[O-])c1. The highest BCUT2D eigenvalue weighted by Gasteiger charge is 2.29. The van der Waals surface area contributed by atoms with Gasteiger partial charge in [-0.1, -0.05) is 0 Å². The summed E-state index contributed by atoms with van der Waals surface area (Å²) in [7, 11) is -0.850. The highest BCUT2D eigenvalue weighted by Crippen LogP contribution is 2.34. The summed E-state index contributed by atoms with van der Waals surface area (Å²) in [6.45, 7) is 1.17. The summed E-state index contributed by atoms with van der Waals surface area (Å²) in [6, 6.07) is 4.07. The second kappa shape index (κ2) is 7.24. The number of methoxy groups -OCH3 is 1. The average molecular weight is 343 g/mol. The molecule has 23 heavy (non-hydrogen) atoms. The number of anilines is 1. The minimum atomic E-state index is -3.72. The van der Waals surface area contributed by atoms with Crippen molar-refractivity contribution in [3.8, 4) is 0 Å². The molecule has 0 aromatic heterocycles. The molecule has 1 atom stereocenters. The van der Waals surface area contributed by atoms with E-state index in [9.17, 15) is 18.5 Å². The molecule has 0 aliphatic carbocycles. The molecule has 0 bridgehead atoms. The molecule has 1 fully saturated rings. The van der Waals surface area contributed by atoms with Crippen LogP contribution < -0.4 is 9.62 Å². The van der Waals surface area contributed by atoms with Crippen molar-refractivity contribution in [3.63, 3.8) is 0 Å². The molecule has 1 saturated heterocycles. The van der Waals surface area contributed by atoms with Crippen molar-refractivity contribution < 1.29 is 18.1 Å². The molecule has 1 aliphatic heterocycles. The van der Waals surface area contributed by atoms with Gasteiger partial charge < -0.3 is 9.64 Å². The van der Waals surface area contributed by atoms with Gasteiger partial charge in [0.25, 0.3) is 5.69 Å². The molecule has 0 spiro atoms. The van der Waals surface area contributed by atoms with E-state index in [-0.39, 0.29) is 16.6 Å². The van der Waals surface area contributed by atoms with E-state index in [2.05, 4.69) is 4.72 Å². The normalized spacial score (nSPS) is 18.9. The number of nitro benzene ring substituents is 1. The number of rotatable bonds is 6. The van der Waals surface area contributed by atoms with Gasteiger partial charge in [0.05, 0.1) is 22.5 Å². The maximum absolute atomic E-state index is 11.9. The molecule has 9 heteroatoms. The summed E-state index contributed by atoms with van der Waals surface area (Å²) in [5.74, 6) is 0. The van der Waals surface area contributed by atoms with Crippen LogP contribution in [0.2, 0.25) is 0 Å². The van der Waals surface area contributed by atoms with Gasteiger partial charge in [0.15, 0.2) is 0 Å². The van der Waals surface area contributed by atoms with E-state index in [0.29, 0.717) is 18.8 Å². The number of hydrogen-bond donors (Lipinski definition) is 1. The Morgan fingerprint density at radius 3 is 2.78 bits per heavy atom. The van der Waals surface area contributed by atoms with Crippen molar-refractivity contribution in [3.05, 3.63) is 28.3 Å². The van der Waals surface area contributed by atoms with Gasteiger partial charge in [-0.05, 0) is 38.4 Å². The van der Waals surface area contributed by atoms with E-state index in [4.69, 9.17) is 4.74 Å². The van der Waals surface area contributed by atoms with Crippen LogP contribution in [0.4, 0.5) is 11.4 Å². The number of nitro groups is 1. The number of ether oxygens (including phenoxy) is 1. The molecule has 1 unspecified atom stereocenters. The van der Waals surface area contributed by atoms with E-state index in [1.807, 2.05) is 4.90 Å². The Morgan fingerprint density at radius 2 is 2.17 bits per heavy atom. The molecular weight excluding hydrogens is 322 g/mol.